The molecule has 80 valence electrons. The number of rotatable bonds is 2. The van der Waals surface area contributed by atoms with Gasteiger partial charge in [0.2, 0.25) is 0 Å². The Hall–Kier alpha value is -0.870. The summed E-state index contributed by atoms with van der Waals surface area (Å²) in [5, 5.41) is 0.678. The summed E-state index contributed by atoms with van der Waals surface area (Å²) in [5.41, 5.74) is 7.37. The number of nitrogens with zero attached hydrogens (tertiary/aromatic N) is 1. The standard InChI is InChI=1S/C11H12BrFN2/c1-15-9-4-2-3-8(13)10(9)7(5-6-14)11(15)12/h2-4H,5-6,14H2,1H3. The largest absolute Gasteiger partial charge is 0.338 e. The van der Waals surface area contributed by atoms with Crippen LogP contribution in [0, 0.1) is 5.82 Å². The fourth-order valence-corrected chi connectivity index (χ4v) is 2.46. The molecule has 0 unspecified atom stereocenters. The molecular formula is C11H12BrFN2. The molecule has 2 N–H and O–H groups in total. The zero-order valence-corrected chi connectivity index (χ0v) is 10.0. The van der Waals surface area contributed by atoms with Crippen LogP contribution in [0.2, 0.25) is 0 Å². The molecular weight excluding hydrogens is 259 g/mol. The maximum absolute atomic E-state index is 13.7. The van der Waals surface area contributed by atoms with Crippen LogP contribution in [0.15, 0.2) is 22.8 Å². The SMILES string of the molecule is Cn1c(Br)c(CCN)c2c(F)cccc21. The first-order chi connectivity index (χ1) is 7.16. The van der Waals surface area contributed by atoms with Crippen molar-refractivity contribution in [2.24, 2.45) is 12.8 Å². The van der Waals surface area contributed by atoms with E-state index in [0.29, 0.717) is 18.4 Å². The molecule has 15 heavy (non-hydrogen) atoms. The van der Waals surface area contributed by atoms with Crippen LogP contribution in [0.5, 0.6) is 0 Å². The predicted octanol–water partition coefficient (Wildman–Crippen LogP) is 2.58. The molecule has 0 aliphatic heterocycles. The van der Waals surface area contributed by atoms with Gasteiger partial charge in [-0.1, -0.05) is 6.07 Å². The molecule has 0 amide bonds. The van der Waals surface area contributed by atoms with Crippen LogP contribution in [0.1, 0.15) is 5.56 Å². The number of benzene rings is 1. The van der Waals surface area contributed by atoms with Gasteiger partial charge in [0.25, 0.3) is 0 Å². The van der Waals surface area contributed by atoms with Gasteiger partial charge in [0, 0.05) is 12.4 Å². The highest BCUT2D eigenvalue weighted by Gasteiger charge is 2.15. The van der Waals surface area contributed by atoms with Crippen LogP contribution in [0.3, 0.4) is 0 Å². The lowest BCUT2D eigenvalue weighted by Crippen LogP contribution is -2.03. The number of halogens is 2. The second-order valence-corrected chi connectivity index (χ2v) is 4.25. The summed E-state index contributed by atoms with van der Waals surface area (Å²) in [5.74, 6) is -0.183. The van der Waals surface area contributed by atoms with E-state index in [0.717, 1.165) is 15.7 Å². The minimum Gasteiger partial charge on any atom is -0.338 e. The molecule has 0 spiro atoms. The quantitative estimate of drug-likeness (QED) is 0.894. The van der Waals surface area contributed by atoms with E-state index in [9.17, 15) is 4.39 Å². The predicted molar refractivity (Wildman–Crippen MR) is 63.3 cm³/mol. The van der Waals surface area contributed by atoms with Gasteiger partial charge in [0.15, 0.2) is 0 Å². The summed E-state index contributed by atoms with van der Waals surface area (Å²) >= 11 is 3.47. The van der Waals surface area contributed by atoms with Gasteiger partial charge in [-0.2, -0.15) is 0 Å². The number of aryl methyl sites for hydroxylation is 1. The van der Waals surface area contributed by atoms with Gasteiger partial charge in [0.05, 0.1) is 10.1 Å². The summed E-state index contributed by atoms with van der Waals surface area (Å²) in [6.07, 6.45) is 0.679. The average Bonchev–Trinajstić information content (AvgIpc) is 2.46. The van der Waals surface area contributed by atoms with Gasteiger partial charge in [0.1, 0.15) is 5.82 Å². The van der Waals surface area contributed by atoms with Crippen molar-refractivity contribution in [1.82, 2.24) is 4.57 Å². The van der Waals surface area contributed by atoms with E-state index in [1.807, 2.05) is 17.7 Å². The molecule has 0 atom stereocenters. The van der Waals surface area contributed by atoms with Gasteiger partial charge >= 0.3 is 0 Å². The third-order valence-electron chi connectivity index (χ3n) is 2.59. The minimum absolute atomic E-state index is 0.183. The Morgan fingerprint density at radius 1 is 1.47 bits per heavy atom. The van der Waals surface area contributed by atoms with E-state index in [1.165, 1.54) is 6.07 Å². The van der Waals surface area contributed by atoms with Crippen LogP contribution in [-0.4, -0.2) is 11.1 Å². The molecule has 0 bridgehead atoms. The van der Waals surface area contributed by atoms with Crippen LogP contribution < -0.4 is 5.73 Å². The number of hydrogen-bond acceptors (Lipinski definition) is 1. The maximum Gasteiger partial charge on any atom is 0.132 e. The lowest BCUT2D eigenvalue weighted by atomic mass is 10.1. The molecule has 0 fully saturated rings. The van der Waals surface area contributed by atoms with Gasteiger partial charge in [-0.25, -0.2) is 4.39 Å². The van der Waals surface area contributed by atoms with E-state index in [4.69, 9.17) is 5.73 Å². The number of fused-ring (bicyclic) bond motifs is 1. The first-order valence-electron chi connectivity index (χ1n) is 4.78. The second-order valence-electron chi connectivity index (χ2n) is 3.50. The number of nitrogens with two attached hydrogens (primary N) is 1. The molecule has 0 radical (unpaired) electrons. The summed E-state index contributed by atoms with van der Waals surface area (Å²) in [6.45, 7) is 0.520. The van der Waals surface area contributed by atoms with Crippen molar-refractivity contribution in [2.45, 2.75) is 6.42 Å². The van der Waals surface area contributed by atoms with Crippen molar-refractivity contribution in [3.63, 3.8) is 0 Å². The topological polar surface area (TPSA) is 30.9 Å². The minimum atomic E-state index is -0.183. The normalized spacial score (nSPS) is 11.2. The lowest BCUT2D eigenvalue weighted by Gasteiger charge is -1.98. The molecule has 0 saturated carbocycles. The Kier molecular flexibility index (Phi) is 2.80. The zero-order valence-electron chi connectivity index (χ0n) is 8.43. The summed E-state index contributed by atoms with van der Waals surface area (Å²) in [6, 6.07) is 5.11. The van der Waals surface area contributed by atoms with Crippen molar-refractivity contribution in [2.75, 3.05) is 6.54 Å². The average molecular weight is 271 g/mol. The van der Waals surface area contributed by atoms with E-state index in [2.05, 4.69) is 15.9 Å². The first-order valence-corrected chi connectivity index (χ1v) is 5.57. The fourth-order valence-electron chi connectivity index (χ4n) is 1.87. The highest BCUT2D eigenvalue weighted by molar-refractivity contribution is 9.10. The molecule has 4 heteroatoms. The molecule has 1 aromatic heterocycles. The Labute approximate surface area is 96.0 Å². The second kappa shape index (κ2) is 3.94. The summed E-state index contributed by atoms with van der Waals surface area (Å²) < 4.78 is 16.5. The smallest absolute Gasteiger partial charge is 0.132 e. The van der Waals surface area contributed by atoms with Crippen LogP contribution in [-0.2, 0) is 13.5 Å². The van der Waals surface area contributed by atoms with Crippen LogP contribution in [0.25, 0.3) is 10.9 Å². The van der Waals surface area contributed by atoms with Gasteiger partial charge in [-0.15, -0.1) is 0 Å². The molecule has 0 aliphatic rings. The van der Waals surface area contributed by atoms with Gasteiger partial charge < -0.3 is 10.3 Å². The first kappa shape index (κ1) is 10.6. The zero-order chi connectivity index (χ0) is 11.0. The van der Waals surface area contributed by atoms with Crippen molar-refractivity contribution in [3.8, 4) is 0 Å². The number of aromatic nitrogens is 1. The third-order valence-corrected chi connectivity index (χ3v) is 3.60. The van der Waals surface area contributed by atoms with E-state index < -0.39 is 0 Å². The van der Waals surface area contributed by atoms with Gasteiger partial charge in [-0.3, -0.25) is 0 Å². The Bertz CT molecular complexity index is 505. The molecule has 1 heterocycles. The Morgan fingerprint density at radius 2 is 2.20 bits per heavy atom. The lowest BCUT2D eigenvalue weighted by molar-refractivity contribution is 0.639. The molecule has 0 saturated heterocycles. The molecule has 0 aliphatic carbocycles. The maximum atomic E-state index is 13.7. The van der Waals surface area contributed by atoms with Crippen LogP contribution >= 0.6 is 15.9 Å². The summed E-state index contributed by atoms with van der Waals surface area (Å²) in [7, 11) is 1.91. The third kappa shape index (κ3) is 1.58. The highest BCUT2D eigenvalue weighted by atomic mass is 79.9. The van der Waals surface area contributed by atoms with Crippen molar-refractivity contribution in [1.29, 1.82) is 0 Å². The van der Waals surface area contributed by atoms with Crippen LogP contribution in [0.4, 0.5) is 4.39 Å². The molecule has 2 rings (SSSR count). The fraction of sp³-hybridized carbons (Fsp3) is 0.273. The number of hydrogen-bond donors (Lipinski definition) is 1. The molecule has 1 aromatic carbocycles. The van der Waals surface area contributed by atoms with Crippen molar-refractivity contribution >= 4 is 26.8 Å². The Balaban J connectivity index is 2.82. The Morgan fingerprint density at radius 3 is 2.87 bits per heavy atom. The van der Waals surface area contributed by atoms with E-state index >= 15 is 0 Å². The monoisotopic (exact) mass is 270 g/mol. The highest BCUT2D eigenvalue weighted by Crippen LogP contribution is 2.31. The van der Waals surface area contributed by atoms with E-state index in [-0.39, 0.29) is 5.82 Å². The van der Waals surface area contributed by atoms with E-state index in [1.54, 1.807) is 6.07 Å². The van der Waals surface area contributed by atoms with Crippen molar-refractivity contribution < 1.29 is 4.39 Å². The molecule has 2 aromatic rings. The van der Waals surface area contributed by atoms with Crippen molar-refractivity contribution in [3.05, 3.63) is 34.2 Å². The van der Waals surface area contributed by atoms with Gasteiger partial charge in [-0.05, 0) is 46.6 Å². The summed E-state index contributed by atoms with van der Waals surface area (Å²) in [4.78, 5) is 0. The molecule has 2 nitrogen and oxygen atoms in total.